The molecule has 6 heteroatoms. The first-order chi connectivity index (χ1) is 9.24. The third kappa shape index (κ3) is 2.71. The second kappa shape index (κ2) is 5.17. The van der Waals surface area contributed by atoms with E-state index in [-0.39, 0.29) is 0 Å². The van der Waals surface area contributed by atoms with Crippen LogP contribution in [0.1, 0.15) is 5.69 Å². The number of pyridine rings is 1. The highest BCUT2D eigenvalue weighted by Crippen LogP contribution is 2.34. The summed E-state index contributed by atoms with van der Waals surface area (Å²) in [7, 11) is 0. The van der Waals surface area contributed by atoms with Crippen LogP contribution in [0.4, 0.5) is 0 Å². The average Bonchev–Trinajstić information content (AvgIpc) is 2.80. The van der Waals surface area contributed by atoms with Gasteiger partial charge in [-0.25, -0.2) is 9.97 Å². The Morgan fingerprint density at radius 3 is 2.95 bits per heavy atom. The Labute approximate surface area is 122 Å². The van der Waals surface area contributed by atoms with Crippen molar-refractivity contribution in [2.45, 2.75) is 9.37 Å². The second-order valence-electron chi connectivity index (χ2n) is 3.67. The Morgan fingerprint density at radius 1 is 1.21 bits per heavy atom. The van der Waals surface area contributed by atoms with Gasteiger partial charge in [0, 0.05) is 5.02 Å². The van der Waals surface area contributed by atoms with Gasteiger partial charge in [-0.15, -0.1) is 11.3 Å². The van der Waals surface area contributed by atoms with Crippen molar-refractivity contribution in [3.63, 3.8) is 0 Å². The van der Waals surface area contributed by atoms with Crippen LogP contribution in [0.3, 0.4) is 0 Å². The van der Waals surface area contributed by atoms with Crippen LogP contribution in [0.15, 0.2) is 45.8 Å². The molecule has 0 saturated carbocycles. The number of nitriles is 1. The standard InChI is InChI=1S/C13H6ClN3S2/c14-8-4-5-11-10(6-8)17-13(18-11)19-12-3-1-2-9(7-15)16-12/h1-6H. The molecule has 2 heterocycles. The lowest BCUT2D eigenvalue weighted by atomic mass is 10.3. The van der Waals surface area contributed by atoms with E-state index in [1.807, 2.05) is 36.4 Å². The fourth-order valence-corrected chi connectivity index (χ4v) is 3.70. The van der Waals surface area contributed by atoms with Crippen molar-refractivity contribution in [2.24, 2.45) is 0 Å². The maximum Gasteiger partial charge on any atom is 0.157 e. The molecule has 0 fully saturated rings. The van der Waals surface area contributed by atoms with Crippen LogP contribution in [0.5, 0.6) is 0 Å². The van der Waals surface area contributed by atoms with E-state index in [4.69, 9.17) is 16.9 Å². The molecule has 0 bridgehead atoms. The zero-order valence-electron chi connectivity index (χ0n) is 9.50. The van der Waals surface area contributed by atoms with Crippen LogP contribution in [0.2, 0.25) is 5.02 Å². The molecule has 0 N–H and O–H groups in total. The van der Waals surface area contributed by atoms with E-state index in [9.17, 15) is 0 Å². The summed E-state index contributed by atoms with van der Waals surface area (Å²) in [5.41, 5.74) is 1.30. The van der Waals surface area contributed by atoms with Crippen molar-refractivity contribution < 1.29 is 0 Å². The molecule has 0 unspecified atom stereocenters. The summed E-state index contributed by atoms with van der Waals surface area (Å²) in [4.78, 5) is 8.72. The summed E-state index contributed by atoms with van der Waals surface area (Å²) < 4.78 is 1.98. The molecular formula is C13H6ClN3S2. The Bertz CT molecular complexity index is 792. The molecule has 19 heavy (non-hydrogen) atoms. The van der Waals surface area contributed by atoms with E-state index in [1.54, 1.807) is 17.4 Å². The van der Waals surface area contributed by atoms with Crippen molar-refractivity contribution in [2.75, 3.05) is 0 Å². The van der Waals surface area contributed by atoms with Crippen molar-refractivity contribution in [3.8, 4) is 6.07 Å². The summed E-state index contributed by atoms with van der Waals surface area (Å²) in [6.07, 6.45) is 0. The number of thiazole rings is 1. The summed E-state index contributed by atoms with van der Waals surface area (Å²) in [6.45, 7) is 0. The minimum absolute atomic E-state index is 0.411. The monoisotopic (exact) mass is 303 g/mol. The zero-order chi connectivity index (χ0) is 13.2. The quantitative estimate of drug-likeness (QED) is 0.705. The average molecular weight is 304 g/mol. The Kier molecular flexibility index (Phi) is 3.38. The molecule has 0 aliphatic heterocycles. The molecule has 3 rings (SSSR count). The highest BCUT2D eigenvalue weighted by Gasteiger charge is 2.07. The first-order valence-corrected chi connectivity index (χ1v) is 7.37. The molecule has 92 valence electrons. The van der Waals surface area contributed by atoms with Crippen LogP contribution in [0, 0.1) is 11.3 Å². The molecular weight excluding hydrogens is 298 g/mol. The molecule has 3 nitrogen and oxygen atoms in total. The van der Waals surface area contributed by atoms with Crippen LogP contribution >= 0.6 is 34.7 Å². The van der Waals surface area contributed by atoms with Gasteiger partial charge in [0.1, 0.15) is 16.8 Å². The highest BCUT2D eigenvalue weighted by atomic mass is 35.5. The molecule has 0 aliphatic rings. The molecule has 3 aromatic rings. The van der Waals surface area contributed by atoms with Crippen molar-refractivity contribution in [1.29, 1.82) is 5.26 Å². The van der Waals surface area contributed by atoms with Gasteiger partial charge in [-0.1, -0.05) is 17.7 Å². The first-order valence-electron chi connectivity index (χ1n) is 5.36. The largest absolute Gasteiger partial charge is 0.230 e. The third-order valence-corrected chi connectivity index (χ3v) is 4.63. The Balaban J connectivity index is 1.94. The maximum absolute atomic E-state index is 8.82. The third-order valence-electron chi connectivity index (χ3n) is 2.36. The van der Waals surface area contributed by atoms with Gasteiger partial charge >= 0.3 is 0 Å². The summed E-state index contributed by atoms with van der Waals surface area (Å²) in [5, 5.41) is 10.3. The summed E-state index contributed by atoms with van der Waals surface area (Å²) in [5.74, 6) is 0. The fourth-order valence-electron chi connectivity index (χ4n) is 1.55. The van der Waals surface area contributed by atoms with Crippen molar-refractivity contribution >= 4 is 44.9 Å². The van der Waals surface area contributed by atoms with Crippen LogP contribution in [-0.4, -0.2) is 9.97 Å². The van der Waals surface area contributed by atoms with E-state index >= 15 is 0 Å². The van der Waals surface area contributed by atoms with E-state index in [0.717, 1.165) is 19.6 Å². The van der Waals surface area contributed by atoms with Gasteiger partial charge in [-0.2, -0.15) is 5.26 Å². The maximum atomic E-state index is 8.82. The Morgan fingerprint density at radius 2 is 2.11 bits per heavy atom. The summed E-state index contributed by atoms with van der Waals surface area (Å²) in [6, 6.07) is 13.0. The molecule has 0 radical (unpaired) electrons. The molecule has 0 spiro atoms. The lowest BCUT2D eigenvalue weighted by molar-refractivity contribution is 1.10. The van der Waals surface area contributed by atoms with Gasteiger partial charge < -0.3 is 0 Å². The fraction of sp³-hybridized carbons (Fsp3) is 0. The normalized spacial score (nSPS) is 10.5. The predicted octanol–water partition coefficient (Wildman–Crippen LogP) is 4.37. The number of nitrogens with zero attached hydrogens (tertiary/aromatic N) is 3. The van der Waals surface area contributed by atoms with Crippen LogP contribution < -0.4 is 0 Å². The van der Waals surface area contributed by atoms with E-state index < -0.39 is 0 Å². The van der Waals surface area contributed by atoms with Crippen molar-refractivity contribution in [3.05, 3.63) is 47.1 Å². The lowest BCUT2D eigenvalue weighted by Crippen LogP contribution is -1.83. The number of fused-ring (bicyclic) bond motifs is 1. The van der Waals surface area contributed by atoms with E-state index in [1.165, 1.54) is 11.8 Å². The molecule has 0 aliphatic carbocycles. The predicted molar refractivity (Wildman–Crippen MR) is 77.7 cm³/mol. The highest BCUT2D eigenvalue weighted by molar-refractivity contribution is 8.01. The first kappa shape index (κ1) is 12.4. The van der Waals surface area contributed by atoms with E-state index in [2.05, 4.69) is 9.97 Å². The molecule has 2 aromatic heterocycles. The van der Waals surface area contributed by atoms with Gasteiger partial charge in [0.15, 0.2) is 4.34 Å². The van der Waals surface area contributed by atoms with Gasteiger partial charge in [-0.3, -0.25) is 0 Å². The molecule has 1 aromatic carbocycles. The van der Waals surface area contributed by atoms with Gasteiger partial charge in [0.25, 0.3) is 0 Å². The van der Waals surface area contributed by atoms with Gasteiger partial charge in [0.2, 0.25) is 0 Å². The number of rotatable bonds is 2. The minimum Gasteiger partial charge on any atom is -0.230 e. The topological polar surface area (TPSA) is 49.6 Å². The summed E-state index contributed by atoms with van der Waals surface area (Å²) >= 11 is 8.97. The Hall–Kier alpha value is -1.61. The van der Waals surface area contributed by atoms with Gasteiger partial charge in [0.05, 0.1) is 10.2 Å². The van der Waals surface area contributed by atoms with Crippen LogP contribution in [-0.2, 0) is 0 Å². The number of hydrogen-bond donors (Lipinski definition) is 0. The lowest BCUT2D eigenvalue weighted by Gasteiger charge is -1.95. The number of benzene rings is 1. The molecule has 0 amide bonds. The smallest absolute Gasteiger partial charge is 0.157 e. The second-order valence-corrected chi connectivity index (χ2v) is 6.40. The molecule has 0 atom stereocenters. The number of hydrogen-bond acceptors (Lipinski definition) is 5. The number of halogens is 1. The minimum atomic E-state index is 0.411. The SMILES string of the molecule is N#Cc1cccc(Sc2nc3cc(Cl)ccc3s2)n1. The number of aromatic nitrogens is 2. The van der Waals surface area contributed by atoms with Crippen LogP contribution in [0.25, 0.3) is 10.2 Å². The zero-order valence-corrected chi connectivity index (χ0v) is 11.9. The van der Waals surface area contributed by atoms with Gasteiger partial charge in [-0.05, 0) is 42.1 Å². The molecule has 0 saturated heterocycles. The van der Waals surface area contributed by atoms with E-state index in [0.29, 0.717) is 10.7 Å². The van der Waals surface area contributed by atoms with Crippen molar-refractivity contribution in [1.82, 2.24) is 9.97 Å².